The Morgan fingerprint density at radius 3 is 2.92 bits per heavy atom. The second-order valence-corrected chi connectivity index (χ2v) is 3.03. The van der Waals surface area contributed by atoms with Gasteiger partial charge in [-0.15, -0.1) is 0 Å². The second kappa shape index (κ2) is 4.94. The maximum atomic E-state index is 8.61. The summed E-state index contributed by atoms with van der Waals surface area (Å²) in [5, 5.41) is 8.61. The monoisotopic (exact) mass is 163 g/mol. The fourth-order valence-electron chi connectivity index (χ4n) is 1.25. The summed E-state index contributed by atoms with van der Waals surface area (Å²) in [5.74, 6) is 0. The van der Waals surface area contributed by atoms with E-state index < -0.39 is 0 Å². The highest BCUT2D eigenvalue weighted by Crippen LogP contribution is 2.09. The van der Waals surface area contributed by atoms with Crippen molar-refractivity contribution in [2.24, 2.45) is 0 Å². The molecule has 12 heavy (non-hydrogen) atoms. The van der Waals surface area contributed by atoms with Crippen LogP contribution in [-0.4, -0.2) is 11.7 Å². The second-order valence-electron chi connectivity index (χ2n) is 3.03. The largest absolute Gasteiger partial charge is 0.396 e. The van der Waals surface area contributed by atoms with Gasteiger partial charge < -0.3 is 5.11 Å². The summed E-state index contributed by atoms with van der Waals surface area (Å²) in [5.41, 5.74) is 2.68. The Kier molecular flexibility index (Phi) is 3.81. The van der Waals surface area contributed by atoms with Crippen LogP contribution in [0.4, 0.5) is 0 Å². The number of aryl methyl sites for hydroxylation is 2. The van der Waals surface area contributed by atoms with E-state index in [0.29, 0.717) is 6.61 Å². The molecule has 65 valence electrons. The van der Waals surface area contributed by atoms with Crippen molar-refractivity contribution in [1.29, 1.82) is 0 Å². The Bertz CT molecular complexity index is 230. The maximum absolute atomic E-state index is 8.61. The van der Waals surface area contributed by atoms with Crippen LogP contribution in [0.5, 0.6) is 0 Å². The van der Waals surface area contributed by atoms with Crippen molar-refractivity contribution < 1.29 is 5.11 Å². The Hall–Kier alpha value is -0.820. The molecule has 0 unspecified atom stereocenters. The molecule has 1 heteroatoms. The summed E-state index contributed by atoms with van der Waals surface area (Å²) >= 11 is 0. The van der Waals surface area contributed by atoms with Crippen LogP contribution in [0.25, 0.3) is 0 Å². The van der Waals surface area contributed by atoms with E-state index in [1.807, 2.05) is 12.1 Å². The molecular weight excluding hydrogens is 148 g/mol. The van der Waals surface area contributed by atoms with Gasteiger partial charge in [-0.25, -0.2) is 0 Å². The topological polar surface area (TPSA) is 20.2 Å². The SMILES string of the molecule is Cc1c[c]ccc1CCCCO. The van der Waals surface area contributed by atoms with E-state index in [4.69, 9.17) is 5.11 Å². The van der Waals surface area contributed by atoms with Gasteiger partial charge in [-0.1, -0.05) is 18.2 Å². The first-order chi connectivity index (χ1) is 5.84. The van der Waals surface area contributed by atoms with Crippen molar-refractivity contribution in [3.8, 4) is 0 Å². The minimum atomic E-state index is 0.304. The molecule has 1 aromatic carbocycles. The maximum Gasteiger partial charge on any atom is 0.0431 e. The number of hydrogen-bond acceptors (Lipinski definition) is 1. The third-order valence-corrected chi connectivity index (χ3v) is 2.04. The van der Waals surface area contributed by atoms with Crippen LogP contribution in [0.2, 0.25) is 0 Å². The van der Waals surface area contributed by atoms with E-state index in [1.54, 1.807) is 0 Å². The number of rotatable bonds is 4. The predicted molar refractivity (Wildman–Crippen MR) is 50.0 cm³/mol. The lowest BCUT2D eigenvalue weighted by Crippen LogP contribution is -1.91. The van der Waals surface area contributed by atoms with Crippen LogP contribution in [0.1, 0.15) is 24.0 Å². The number of benzene rings is 1. The molecule has 0 aliphatic rings. The zero-order valence-electron chi connectivity index (χ0n) is 7.51. The van der Waals surface area contributed by atoms with Crippen molar-refractivity contribution in [3.05, 3.63) is 35.4 Å². The zero-order valence-corrected chi connectivity index (χ0v) is 7.51. The molecule has 0 saturated carbocycles. The molecule has 1 radical (unpaired) electrons. The van der Waals surface area contributed by atoms with Gasteiger partial charge in [0.1, 0.15) is 0 Å². The standard InChI is InChI=1S/C11H15O/c1-10-6-2-3-7-11(10)8-4-5-9-12/h3,6-7,12H,4-5,8-9H2,1H3. The van der Waals surface area contributed by atoms with E-state index in [9.17, 15) is 0 Å². The Morgan fingerprint density at radius 2 is 2.25 bits per heavy atom. The molecule has 1 N–H and O–H groups in total. The molecule has 0 atom stereocenters. The van der Waals surface area contributed by atoms with Gasteiger partial charge in [0, 0.05) is 6.61 Å². The number of hydrogen-bond donors (Lipinski definition) is 1. The molecule has 0 fully saturated rings. The normalized spacial score (nSPS) is 10.2. The quantitative estimate of drug-likeness (QED) is 0.674. The fraction of sp³-hybridized carbons (Fsp3) is 0.455. The van der Waals surface area contributed by atoms with Crippen LogP contribution >= 0.6 is 0 Å². The first-order valence-electron chi connectivity index (χ1n) is 4.41. The fourth-order valence-corrected chi connectivity index (χ4v) is 1.25. The molecule has 1 nitrogen and oxygen atoms in total. The Balaban J connectivity index is 2.46. The smallest absolute Gasteiger partial charge is 0.0431 e. The minimum Gasteiger partial charge on any atom is -0.396 e. The Labute approximate surface area is 74.1 Å². The average molecular weight is 163 g/mol. The highest BCUT2D eigenvalue weighted by molar-refractivity contribution is 5.24. The molecule has 0 aliphatic carbocycles. The molecular formula is C11H15O. The van der Waals surface area contributed by atoms with Gasteiger partial charge in [0.2, 0.25) is 0 Å². The average Bonchev–Trinajstić information content (AvgIpc) is 2.09. The third-order valence-electron chi connectivity index (χ3n) is 2.04. The van der Waals surface area contributed by atoms with Crippen molar-refractivity contribution in [1.82, 2.24) is 0 Å². The number of aliphatic hydroxyl groups is 1. The van der Waals surface area contributed by atoms with Crippen LogP contribution in [0, 0.1) is 13.0 Å². The first kappa shape index (κ1) is 9.27. The molecule has 0 spiro atoms. The van der Waals surface area contributed by atoms with Gasteiger partial charge in [0.15, 0.2) is 0 Å². The molecule has 0 bridgehead atoms. The highest BCUT2D eigenvalue weighted by atomic mass is 16.2. The van der Waals surface area contributed by atoms with Gasteiger partial charge in [-0.2, -0.15) is 0 Å². The van der Waals surface area contributed by atoms with Gasteiger partial charge in [0.25, 0.3) is 0 Å². The molecule has 0 aliphatic heterocycles. The minimum absolute atomic E-state index is 0.304. The van der Waals surface area contributed by atoms with Crippen LogP contribution < -0.4 is 0 Å². The highest BCUT2D eigenvalue weighted by Gasteiger charge is 1.95. The van der Waals surface area contributed by atoms with E-state index >= 15 is 0 Å². The lowest BCUT2D eigenvalue weighted by Gasteiger charge is -2.03. The van der Waals surface area contributed by atoms with E-state index in [-0.39, 0.29) is 0 Å². The van der Waals surface area contributed by atoms with Gasteiger partial charge in [-0.05, 0) is 43.4 Å². The lowest BCUT2D eigenvalue weighted by molar-refractivity contribution is 0.284. The molecule has 1 aromatic rings. The lowest BCUT2D eigenvalue weighted by atomic mass is 10.0. The Morgan fingerprint density at radius 1 is 1.42 bits per heavy atom. The van der Waals surface area contributed by atoms with E-state index in [2.05, 4.69) is 19.1 Å². The predicted octanol–water partition coefficient (Wildman–Crippen LogP) is 2.11. The molecule has 0 saturated heterocycles. The van der Waals surface area contributed by atoms with Crippen molar-refractivity contribution >= 4 is 0 Å². The van der Waals surface area contributed by atoms with Crippen LogP contribution in [0.3, 0.4) is 0 Å². The summed E-state index contributed by atoms with van der Waals surface area (Å²) in [6, 6.07) is 9.10. The summed E-state index contributed by atoms with van der Waals surface area (Å²) < 4.78 is 0. The molecule has 0 aromatic heterocycles. The molecule has 1 rings (SSSR count). The van der Waals surface area contributed by atoms with Crippen LogP contribution in [0.15, 0.2) is 18.2 Å². The summed E-state index contributed by atoms with van der Waals surface area (Å²) in [7, 11) is 0. The summed E-state index contributed by atoms with van der Waals surface area (Å²) in [6.07, 6.45) is 3.04. The number of aliphatic hydroxyl groups excluding tert-OH is 1. The molecule has 0 amide bonds. The van der Waals surface area contributed by atoms with Gasteiger partial charge >= 0.3 is 0 Å². The van der Waals surface area contributed by atoms with Gasteiger partial charge in [-0.3, -0.25) is 0 Å². The number of unbranched alkanes of at least 4 members (excludes halogenated alkanes) is 1. The van der Waals surface area contributed by atoms with Crippen molar-refractivity contribution in [2.75, 3.05) is 6.61 Å². The van der Waals surface area contributed by atoms with Gasteiger partial charge in [0.05, 0.1) is 0 Å². The van der Waals surface area contributed by atoms with Crippen molar-refractivity contribution in [3.63, 3.8) is 0 Å². The van der Waals surface area contributed by atoms with Crippen molar-refractivity contribution in [2.45, 2.75) is 26.2 Å². The van der Waals surface area contributed by atoms with Crippen LogP contribution in [-0.2, 0) is 6.42 Å². The third kappa shape index (κ3) is 2.67. The summed E-state index contributed by atoms with van der Waals surface area (Å²) in [6.45, 7) is 2.41. The van der Waals surface area contributed by atoms with E-state index in [1.165, 1.54) is 11.1 Å². The summed E-state index contributed by atoms with van der Waals surface area (Å²) in [4.78, 5) is 0. The molecule has 0 heterocycles. The first-order valence-corrected chi connectivity index (χ1v) is 4.41. The van der Waals surface area contributed by atoms with E-state index in [0.717, 1.165) is 19.3 Å². The zero-order chi connectivity index (χ0) is 8.81.